The smallest absolute Gasteiger partial charge is 0.158 e. The van der Waals surface area contributed by atoms with E-state index >= 15 is 0 Å². The predicted molar refractivity (Wildman–Crippen MR) is 57.1 cm³/mol. The monoisotopic (exact) mass is 205 g/mol. The van der Waals surface area contributed by atoms with Crippen molar-refractivity contribution in [3.8, 4) is 11.5 Å². The molecule has 0 radical (unpaired) electrons. The highest BCUT2D eigenvalue weighted by atomic mass is 16.5. The first-order valence-corrected chi connectivity index (χ1v) is 4.37. The van der Waals surface area contributed by atoms with Gasteiger partial charge in [-0.1, -0.05) is 0 Å². The zero-order chi connectivity index (χ0) is 11.0. The lowest BCUT2D eigenvalue weighted by atomic mass is 10.1. The lowest BCUT2D eigenvalue weighted by molar-refractivity contribution is 0.393. The van der Waals surface area contributed by atoms with Gasteiger partial charge in [0.2, 0.25) is 0 Å². The number of fused-ring (bicyclic) bond motifs is 1. The number of amidine groups is 2. The molecule has 0 unspecified atom stereocenters. The molecule has 5 heteroatoms. The van der Waals surface area contributed by atoms with E-state index in [9.17, 15) is 0 Å². The number of ether oxygens (including phenoxy) is 2. The van der Waals surface area contributed by atoms with Crippen molar-refractivity contribution >= 4 is 11.7 Å². The average Bonchev–Trinajstić information content (AvgIpc) is 2.53. The molecule has 1 heterocycles. The number of hydrogen-bond acceptors (Lipinski definition) is 4. The Morgan fingerprint density at radius 1 is 1.27 bits per heavy atom. The van der Waals surface area contributed by atoms with Crippen LogP contribution in [0.25, 0.3) is 0 Å². The normalized spacial score (nSPS) is 13.5. The molecule has 78 valence electrons. The van der Waals surface area contributed by atoms with Crippen LogP contribution < -0.4 is 15.2 Å². The van der Waals surface area contributed by atoms with Crippen molar-refractivity contribution in [2.45, 2.75) is 0 Å². The second-order valence-corrected chi connectivity index (χ2v) is 3.10. The zero-order valence-corrected chi connectivity index (χ0v) is 8.50. The molecule has 1 aromatic rings. The van der Waals surface area contributed by atoms with E-state index in [-0.39, 0.29) is 5.84 Å². The van der Waals surface area contributed by atoms with Crippen LogP contribution in [0.3, 0.4) is 0 Å². The molecular weight excluding hydrogens is 194 g/mol. The molecule has 1 aromatic carbocycles. The van der Waals surface area contributed by atoms with Crippen LogP contribution >= 0.6 is 0 Å². The summed E-state index contributed by atoms with van der Waals surface area (Å²) >= 11 is 0. The van der Waals surface area contributed by atoms with Gasteiger partial charge in [-0.15, -0.1) is 0 Å². The summed E-state index contributed by atoms with van der Waals surface area (Å²) in [6, 6.07) is 3.46. The minimum atomic E-state index is 0.127. The zero-order valence-electron chi connectivity index (χ0n) is 8.50. The molecule has 0 saturated carbocycles. The van der Waals surface area contributed by atoms with Gasteiger partial charge < -0.3 is 15.2 Å². The van der Waals surface area contributed by atoms with Crippen molar-refractivity contribution < 1.29 is 9.47 Å². The molecule has 0 bridgehead atoms. The topological polar surface area (TPSA) is 80.7 Å². The number of hydrogen-bond donors (Lipinski definition) is 2. The summed E-state index contributed by atoms with van der Waals surface area (Å²) in [5, 5.41) is 7.64. The highest BCUT2D eigenvalue weighted by Crippen LogP contribution is 2.32. The van der Waals surface area contributed by atoms with E-state index in [1.165, 1.54) is 7.11 Å². The number of nitrogens with two attached hydrogens (primary N) is 1. The van der Waals surface area contributed by atoms with Crippen molar-refractivity contribution in [2.24, 2.45) is 10.7 Å². The largest absolute Gasteiger partial charge is 0.497 e. The van der Waals surface area contributed by atoms with Gasteiger partial charge in [0, 0.05) is 11.6 Å². The van der Waals surface area contributed by atoms with Gasteiger partial charge in [-0.2, -0.15) is 0 Å². The van der Waals surface area contributed by atoms with Crippen LogP contribution in [0.4, 0.5) is 0 Å². The summed E-state index contributed by atoms with van der Waals surface area (Å²) < 4.78 is 10.3. The molecule has 1 aliphatic heterocycles. The van der Waals surface area contributed by atoms with Crippen LogP contribution in [0, 0.1) is 5.41 Å². The number of aliphatic imine (C=N–C) groups is 1. The Labute approximate surface area is 87.0 Å². The predicted octanol–water partition coefficient (Wildman–Crippen LogP) is 0.748. The Morgan fingerprint density at radius 3 is 2.60 bits per heavy atom. The molecule has 0 aromatic heterocycles. The van der Waals surface area contributed by atoms with Gasteiger partial charge in [0.15, 0.2) is 5.84 Å². The third-order valence-corrected chi connectivity index (χ3v) is 2.28. The molecule has 0 amide bonds. The Bertz CT molecular complexity index is 466. The van der Waals surface area contributed by atoms with E-state index < -0.39 is 0 Å². The van der Waals surface area contributed by atoms with Crippen LogP contribution in [0.5, 0.6) is 11.5 Å². The summed E-state index contributed by atoms with van der Waals surface area (Å²) in [4.78, 5) is 3.88. The van der Waals surface area contributed by atoms with Gasteiger partial charge in [0.25, 0.3) is 0 Å². The Hall–Kier alpha value is -2.04. The second-order valence-electron chi connectivity index (χ2n) is 3.10. The molecule has 0 saturated heterocycles. The van der Waals surface area contributed by atoms with Crippen LogP contribution in [-0.2, 0) is 0 Å². The lowest BCUT2D eigenvalue weighted by Crippen LogP contribution is -2.10. The molecule has 1 aliphatic rings. The summed E-state index contributed by atoms with van der Waals surface area (Å²) in [6.45, 7) is 0. The average molecular weight is 205 g/mol. The first kappa shape index (κ1) is 9.51. The number of nitrogens with zero attached hydrogens (tertiary/aromatic N) is 1. The highest BCUT2D eigenvalue weighted by molar-refractivity contribution is 6.22. The van der Waals surface area contributed by atoms with Gasteiger partial charge in [0.05, 0.1) is 19.8 Å². The standard InChI is InChI=1S/C10H11N3O2/c1-14-5-3-6-8(7(4-5)15-2)10(12)13-9(6)11/h3-4H,1-2H3,(H3,11,12,13). The van der Waals surface area contributed by atoms with Crippen molar-refractivity contribution in [2.75, 3.05) is 14.2 Å². The maximum absolute atomic E-state index is 7.64. The van der Waals surface area contributed by atoms with Crippen LogP contribution in [0.2, 0.25) is 0 Å². The van der Waals surface area contributed by atoms with Gasteiger partial charge in [0.1, 0.15) is 17.3 Å². The van der Waals surface area contributed by atoms with E-state index in [1.807, 2.05) is 0 Å². The van der Waals surface area contributed by atoms with Crippen molar-refractivity contribution in [1.29, 1.82) is 5.41 Å². The third kappa shape index (κ3) is 1.32. The SMILES string of the molecule is COc1cc(OC)c2c(c1)C(N)=NC2=N. The van der Waals surface area contributed by atoms with E-state index in [0.717, 1.165) is 0 Å². The molecule has 15 heavy (non-hydrogen) atoms. The van der Waals surface area contributed by atoms with Crippen molar-refractivity contribution in [3.63, 3.8) is 0 Å². The summed E-state index contributed by atoms with van der Waals surface area (Å²) in [5.41, 5.74) is 6.99. The van der Waals surface area contributed by atoms with Crippen LogP contribution in [0.1, 0.15) is 11.1 Å². The van der Waals surface area contributed by atoms with Crippen LogP contribution in [0.15, 0.2) is 17.1 Å². The number of benzene rings is 1. The second kappa shape index (κ2) is 3.27. The Morgan fingerprint density at radius 2 is 2.00 bits per heavy atom. The molecule has 0 atom stereocenters. The minimum absolute atomic E-state index is 0.127. The first-order chi connectivity index (χ1) is 7.17. The molecule has 0 aliphatic carbocycles. The van der Waals surface area contributed by atoms with E-state index in [0.29, 0.717) is 28.5 Å². The van der Waals surface area contributed by atoms with Crippen molar-refractivity contribution in [3.05, 3.63) is 23.3 Å². The van der Waals surface area contributed by atoms with Gasteiger partial charge in [-0.05, 0) is 6.07 Å². The fourth-order valence-corrected chi connectivity index (χ4v) is 1.55. The van der Waals surface area contributed by atoms with E-state index in [2.05, 4.69) is 4.99 Å². The third-order valence-electron chi connectivity index (χ3n) is 2.28. The molecule has 3 N–H and O–H groups in total. The molecular formula is C10H11N3O2. The molecule has 0 fully saturated rings. The first-order valence-electron chi connectivity index (χ1n) is 4.37. The Balaban J connectivity index is 2.67. The fraction of sp³-hybridized carbons (Fsp3) is 0.200. The van der Waals surface area contributed by atoms with E-state index in [1.54, 1.807) is 19.2 Å². The van der Waals surface area contributed by atoms with Gasteiger partial charge >= 0.3 is 0 Å². The maximum atomic E-state index is 7.64. The minimum Gasteiger partial charge on any atom is -0.497 e. The molecule has 0 spiro atoms. The van der Waals surface area contributed by atoms with E-state index in [4.69, 9.17) is 20.6 Å². The lowest BCUT2D eigenvalue weighted by Gasteiger charge is -2.09. The van der Waals surface area contributed by atoms with Gasteiger partial charge in [-0.25, -0.2) is 4.99 Å². The quantitative estimate of drug-likeness (QED) is 0.747. The van der Waals surface area contributed by atoms with Gasteiger partial charge in [-0.3, -0.25) is 5.41 Å². The van der Waals surface area contributed by atoms with Crippen LogP contribution in [-0.4, -0.2) is 25.9 Å². The molecule has 5 nitrogen and oxygen atoms in total. The fourth-order valence-electron chi connectivity index (χ4n) is 1.55. The summed E-state index contributed by atoms with van der Waals surface area (Å²) in [6.07, 6.45) is 0. The number of methoxy groups -OCH3 is 2. The number of rotatable bonds is 2. The molecule has 2 rings (SSSR count). The summed E-state index contributed by atoms with van der Waals surface area (Å²) in [7, 11) is 3.10. The number of nitrogens with one attached hydrogen (secondary N) is 1. The maximum Gasteiger partial charge on any atom is 0.158 e. The highest BCUT2D eigenvalue weighted by Gasteiger charge is 2.23. The Kier molecular flexibility index (Phi) is 2.07. The van der Waals surface area contributed by atoms with Crippen molar-refractivity contribution in [1.82, 2.24) is 0 Å². The summed E-state index contributed by atoms with van der Waals surface area (Å²) in [5.74, 6) is 1.64.